The van der Waals surface area contributed by atoms with E-state index >= 15 is 0 Å². The average molecular weight is 1260 g/mol. The van der Waals surface area contributed by atoms with E-state index in [9.17, 15) is 4.79 Å². The Balaban J connectivity index is 0.000000197. The second kappa shape index (κ2) is 31.8. The SMILES string of the molecule is CC(C)C(C)(C)N1CCN2C(=O)OCC2C1.CC(C)C(C)(C)N1CCOC(C)(C)C1.CC(C)C(C)(C)N1CCn2ccnc2C1.CC(C)C(C)(C)N1CCn2cnnc2C1.CCN1CCN(C(C)(C)C(C)C)CC1.Cc1nnc2n1CCN(C(C)(C)C(C)C)C2. The minimum Gasteiger partial charge on any atom is -0.447 e. The van der Waals surface area contributed by atoms with E-state index < -0.39 is 0 Å². The van der Waals surface area contributed by atoms with Crippen LogP contribution in [0.1, 0.15) is 210 Å². The second-order valence-corrected chi connectivity index (χ2v) is 32.7. The predicted octanol–water partition coefficient (Wildman–Crippen LogP) is 11.6. The first-order valence-corrected chi connectivity index (χ1v) is 35.2. The summed E-state index contributed by atoms with van der Waals surface area (Å²) in [6.45, 7) is 85.6. The first kappa shape index (κ1) is 77.1. The Morgan fingerprint density at radius 3 is 1.47 bits per heavy atom. The van der Waals surface area contributed by atoms with Crippen LogP contribution in [0.3, 0.4) is 0 Å². The third-order valence-electron chi connectivity index (χ3n) is 24.1. The standard InChI is InChI=1S/C12H22N4.C12H21N3.C12H22N2O2.C12H26N2.C12H25NO.C11H20N4/c1-9(2)12(4,5)15-6-7-16-10(3)13-14-11(16)8-15;1-10(2)12(3,4)15-8-7-14-6-5-13-11(14)9-15;1-9(2)12(3,4)13-5-6-14-10(7-13)8-16-11(14)15;1-6-13-7-9-14(10-8-13)12(4,5)11(2)3;1-10(2)12(5,6)13-7-8-14-11(3,4)9-13;1-9(2)11(3,4)15-6-5-14-8-12-13-10(14)7-15/h9H,6-8H2,1-5H3;5-6,10H,7-9H2,1-4H3;9-10H,5-8H2,1-4H3;11H,6-10H2,1-5H3;10H,7-9H2,1-6H3;8-9H,5-7H2,1-4H3. The predicted molar refractivity (Wildman–Crippen MR) is 370 cm³/mol. The average Bonchev–Trinajstić information content (AvgIpc) is 1.66. The minimum atomic E-state index is -0.132. The highest BCUT2D eigenvalue weighted by molar-refractivity contribution is 5.70. The molecule has 518 valence electrons. The molecule has 0 bridgehead atoms. The Labute approximate surface area is 550 Å². The molecule has 0 aliphatic carbocycles. The van der Waals surface area contributed by atoms with E-state index in [4.69, 9.17) is 9.47 Å². The molecule has 0 radical (unpaired) electrons. The molecule has 3 aromatic heterocycles. The molecule has 1 amide bonds. The van der Waals surface area contributed by atoms with Gasteiger partial charge in [-0.3, -0.25) is 34.3 Å². The molecule has 1 unspecified atom stereocenters. The fourth-order valence-corrected chi connectivity index (χ4v) is 12.4. The summed E-state index contributed by atoms with van der Waals surface area (Å²) in [4.78, 5) is 35.4. The van der Waals surface area contributed by atoms with Gasteiger partial charge in [0.05, 0.1) is 37.9 Å². The first-order chi connectivity index (χ1) is 41.6. The molecule has 10 heterocycles. The van der Waals surface area contributed by atoms with Crippen molar-refractivity contribution in [3.63, 3.8) is 0 Å². The van der Waals surface area contributed by atoms with Crippen LogP contribution in [-0.4, -0.2) is 228 Å². The fourth-order valence-electron chi connectivity index (χ4n) is 12.4. The monoisotopic (exact) mass is 1260 g/mol. The second-order valence-electron chi connectivity index (χ2n) is 32.7. The number of carbonyl (C=O) groups excluding carboxylic acids is 1. The number of imidazole rings is 1. The lowest BCUT2D eigenvalue weighted by Crippen LogP contribution is -2.59. The maximum absolute atomic E-state index is 11.4. The number of piperazine rings is 2. The van der Waals surface area contributed by atoms with Gasteiger partial charge in [0, 0.05) is 144 Å². The Morgan fingerprint density at radius 1 is 0.511 bits per heavy atom. The van der Waals surface area contributed by atoms with Gasteiger partial charge in [0.25, 0.3) is 0 Å². The fraction of sp³-hybridized carbons (Fsp3) is 0.887. The van der Waals surface area contributed by atoms with Gasteiger partial charge in [-0.2, -0.15) is 0 Å². The molecule has 0 aromatic carbocycles. The summed E-state index contributed by atoms with van der Waals surface area (Å²) in [6, 6.07) is 0.263. The third-order valence-corrected chi connectivity index (χ3v) is 24.1. The van der Waals surface area contributed by atoms with Crippen LogP contribution >= 0.6 is 0 Å². The maximum atomic E-state index is 11.4. The number of ether oxygens (including phenoxy) is 2. The number of likely N-dealkylation sites (N-methyl/N-ethyl adjacent to an activating group) is 1. The lowest BCUT2D eigenvalue weighted by Gasteiger charge is -2.48. The lowest BCUT2D eigenvalue weighted by molar-refractivity contribution is -0.118. The number of morpholine rings is 1. The quantitative estimate of drug-likeness (QED) is 0.160. The van der Waals surface area contributed by atoms with Gasteiger partial charge in [0.2, 0.25) is 0 Å². The van der Waals surface area contributed by atoms with Crippen LogP contribution in [0.5, 0.6) is 0 Å². The highest BCUT2D eigenvalue weighted by atomic mass is 16.6. The summed E-state index contributed by atoms with van der Waals surface area (Å²) in [7, 11) is 0. The highest BCUT2D eigenvalue weighted by Crippen LogP contribution is 2.33. The van der Waals surface area contributed by atoms with Gasteiger partial charge in [0.15, 0.2) is 0 Å². The Bertz CT molecular complexity index is 2550. The molecule has 4 saturated heterocycles. The normalized spacial score (nSPS) is 21.2. The number of carbonyl (C=O) groups is 1. The van der Waals surface area contributed by atoms with Gasteiger partial charge < -0.3 is 28.1 Å². The zero-order chi connectivity index (χ0) is 67.7. The Kier molecular flexibility index (Phi) is 27.2. The largest absolute Gasteiger partial charge is 0.447 e. The molecule has 90 heavy (non-hydrogen) atoms. The number of cyclic esters (lactones) is 1. The van der Waals surface area contributed by atoms with E-state index in [0.717, 1.165) is 122 Å². The number of rotatable bonds is 13. The van der Waals surface area contributed by atoms with E-state index in [1.54, 1.807) is 0 Å². The number of nitrogens with zero attached hydrogens (tertiary/aromatic N) is 16. The van der Waals surface area contributed by atoms with Gasteiger partial charge >= 0.3 is 6.09 Å². The number of amides is 1. The molecule has 0 spiro atoms. The number of aromatic nitrogens is 8. The van der Waals surface area contributed by atoms with Crippen LogP contribution in [0.4, 0.5) is 4.79 Å². The van der Waals surface area contributed by atoms with E-state index in [-0.39, 0.29) is 45.4 Å². The topological polar surface area (TPSA) is 141 Å². The lowest BCUT2D eigenvalue weighted by atomic mass is 9.87. The molecule has 19 heteroatoms. The summed E-state index contributed by atoms with van der Waals surface area (Å²) < 4.78 is 17.4. The van der Waals surface area contributed by atoms with Crippen molar-refractivity contribution in [2.24, 2.45) is 35.5 Å². The zero-order valence-electron chi connectivity index (χ0n) is 63.0. The van der Waals surface area contributed by atoms with Crippen LogP contribution in [-0.2, 0) is 48.7 Å². The molecule has 19 nitrogen and oxygen atoms in total. The van der Waals surface area contributed by atoms with Crippen molar-refractivity contribution >= 4 is 6.09 Å². The van der Waals surface area contributed by atoms with Crippen molar-refractivity contribution < 1.29 is 14.3 Å². The Morgan fingerprint density at radius 2 is 0.956 bits per heavy atom. The molecule has 4 fully saturated rings. The molecule has 1 atom stereocenters. The molecule has 3 aromatic rings. The third kappa shape index (κ3) is 19.3. The highest BCUT2D eigenvalue weighted by Gasteiger charge is 2.43. The van der Waals surface area contributed by atoms with Gasteiger partial charge in [-0.05, 0) is 146 Å². The molecule has 0 saturated carbocycles. The van der Waals surface area contributed by atoms with Crippen LogP contribution in [0.25, 0.3) is 0 Å². The van der Waals surface area contributed by atoms with Gasteiger partial charge in [-0.25, -0.2) is 9.78 Å². The van der Waals surface area contributed by atoms with Crippen LogP contribution in [0, 0.1) is 42.4 Å². The summed E-state index contributed by atoms with van der Waals surface area (Å²) >= 11 is 0. The molecule has 0 N–H and O–H groups in total. The van der Waals surface area contributed by atoms with Crippen molar-refractivity contribution in [3.8, 4) is 0 Å². The summed E-state index contributed by atoms with van der Waals surface area (Å²) in [5.74, 6) is 8.41. The minimum absolute atomic E-state index is 0.0183. The number of hydrogen-bond acceptors (Lipinski definition) is 15. The molecule has 7 aliphatic rings. The maximum Gasteiger partial charge on any atom is 0.410 e. The molecular formula is C71H136N16O3. The first-order valence-electron chi connectivity index (χ1n) is 35.2. The van der Waals surface area contributed by atoms with Gasteiger partial charge in [-0.1, -0.05) is 90.0 Å². The smallest absolute Gasteiger partial charge is 0.410 e. The van der Waals surface area contributed by atoms with Crippen molar-refractivity contribution in [1.29, 1.82) is 0 Å². The van der Waals surface area contributed by atoms with Crippen molar-refractivity contribution in [1.82, 2.24) is 78.3 Å². The van der Waals surface area contributed by atoms with Crippen LogP contribution < -0.4 is 0 Å². The Hall–Kier alpha value is -3.56. The van der Waals surface area contributed by atoms with E-state index in [2.05, 4.69) is 267 Å². The van der Waals surface area contributed by atoms with Crippen molar-refractivity contribution in [2.45, 2.75) is 278 Å². The number of fused-ring (bicyclic) bond motifs is 4. The van der Waals surface area contributed by atoms with Crippen LogP contribution in [0.2, 0.25) is 0 Å². The van der Waals surface area contributed by atoms with Crippen molar-refractivity contribution in [3.05, 3.63) is 42.0 Å². The van der Waals surface area contributed by atoms with E-state index in [0.29, 0.717) is 41.7 Å². The number of aryl methyl sites for hydroxylation is 1. The van der Waals surface area contributed by atoms with Gasteiger partial charge in [-0.15, -0.1) is 20.4 Å². The van der Waals surface area contributed by atoms with E-state index in [1.807, 2.05) is 24.3 Å². The van der Waals surface area contributed by atoms with Crippen LogP contribution in [0.15, 0.2) is 18.7 Å². The van der Waals surface area contributed by atoms with Gasteiger partial charge in [0.1, 0.15) is 36.2 Å². The molecule has 10 rings (SSSR count). The molecule has 7 aliphatic heterocycles. The molecular weight excluding hydrogens is 1120 g/mol. The number of hydrogen-bond donors (Lipinski definition) is 0. The van der Waals surface area contributed by atoms with E-state index in [1.165, 1.54) is 38.5 Å². The summed E-state index contributed by atoms with van der Waals surface area (Å²) in [5.41, 5.74) is 1.57. The van der Waals surface area contributed by atoms with Crippen molar-refractivity contribution in [2.75, 3.05) is 98.3 Å². The summed E-state index contributed by atoms with van der Waals surface area (Å²) in [6.07, 6.45) is 5.68. The summed E-state index contributed by atoms with van der Waals surface area (Å²) in [5, 5.41) is 16.5. The zero-order valence-corrected chi connectivity index (χ0v) is 63.0.